The third kappa shape index (κ3) is 3.47. The van der Waals surface area contributed by atoms with E-state index in [0.29, 0.717) is 17.7 Å². The van der Waals surface area contributed by atoms with E-state index in [1.165, 1.54) is 12.3 Å². The number of H-pyrrole nitrogens is 1. The van der Waals surface area contributed by atoms with Gasteiger partial charge in [0.25, 0.3) is 0 Å². The number of nitrogens with one attached hydrogen (secondary N) is 1. The molecule has 0 aromatic carbocycles. The Balaban J connectivity index is 1.91. The molecule has 1 N–H and O–H groups in total. The van der Waals surface area contributed by atoms with Gasteiger partial charge in [-0.1, -0.05) is 0 Å². The van der Waals surface area contributed by atoms with Gasteiger partial charge in [-0.25, -0.2) is 0 Å². The van der Waals surface area contributed by atoms with Gasteiger partial charge in [-0.2, -0.15) is 5.10 Å². The van der Waals surface area contributed by atoms with E-state index < -0.39 is 0 Å². The van der Waals surface area contributed by atoms with Crippen molar-refractivity contribution in [3.8, 4) is 17.1 Å². The lowest BCUT2D eigenvalue weighted by Crippen LogP contribution is -2.10. The first-order chi connectivity index (χ1) is 12.1. The zero-order valence-electron chi connectivity index (χ0n) is 13.8. The number of aldehydes is 1. The topological polar surface area (TPSA) is 103 Å². The minimum atomic E-state index is -0.365. The van der Waals surface area contributed by atoms with Gasteiger partial charge in [-0.15, -0.1) is 0 Å². The molecule has 25 heavy (non-hydrogen) atoms. The van der Waals surface area contributed by atoms with Crippen LogP contribution in [-0.4, -0.2) is 31.0 Å². The van der Waals surface area contributed by atoms with Gasteiger partial charge in [-0.05, 0) is 19.9 Å². The molecule has 0 radical (unpaired) electrons. The number of hydrogen-bond acceptors (Lipinski definition) is 6. The molecule has 8 nitrogen and oxygen atoms in total. The number of hydrogen-bond donors (Lipinski definition) is 1. The van der Waals surface area contributed by atoms with Crippen LogP contribution >= 0.6 is 0 Å². The van der Waals surface area contributed by atoms with Crippen LogP contribution in [0.25, 0.3) is 11.4 Å². The molecular weight excluding hydrogens is 322 g/mol. The van der Waals surface area contributed by atoms with E-state index in [4.69, 9.17) is 4.74 Å². The molecule has 0 saturated heterocycles. The minimum Gasteiger partial charge on any atom is -0.485 e. The number of rotatable bonds is 6. The summed E-state index contributed by atoms with van der Waals surface area (Å²) in [6.07, 6.45) is 6.83. The summed E-state index contributed by atoms with van der Waals surface area (Å²) in [5.74, 6) is 0.281. The lowest BCUT2D eigenvalue weighted by molar-refractivity contribution is 0.111. The molecule has 0 atom stereocenters. The van der Waals surface area contributed by atoms with Gasteiger partial charge in [-0.3, -0.25) is 24.2 Å². The normalized spacial score (nSPS) is 10.8. The second-order valence-corrected chi connectivity index (χ2v) is 5.63. The van der Waals surface area contributed by atoms with Crippen molar-refractivity contribution in [3.05, 3.63) is 58.5 Å². The van der Waals surface area contributed by atoms with Gasteiger partial charge >= 0.3 is 0 Å². The quantitative estimate of drug-likeness (QED) is 0.689. The molecule has 0 unspecified atom stereocenters. The summed E-state index contributed by atoms with van der Waals surface area (Å²) in [6, 6.07) is 3.22. The third-order valence-corrected chi connectivity index (χ3v) is 3.58. The molecule has 0 aliphatic heterocycles. The average Bonchev–Trinajstić information content (AvgIpc) is 3.10. The van der Waals surface area contributed by atoms with Crippen molar-refractivity contribution in [1.29, 1.82) is 0 Å². The monoisotopic (exact) mass is 339 g/mol. The van der Waals surface area contributed by atoms with Crippen molar-refractivity contribution in [2.75, 3.05) is 0 Å². The van der Waals surface area contributed by atoms with Crippen LogP contribution in [0.3, 0.4) is 0 Å². The first-order valence-electron chi connectivity index (χ1n) is 7.74. The van der Waals surface area contributed by atoms with Gasteiger partial charge < -0.3 is 9.72 Å². The first kappa shape index (κ1) is 16.6. The number of aromatic amines is 1. The fraction of sp³-hybridized carbons (Fsp3) is 0.235. The summed E-state index contributed by atoms with van der Waals surface area (Å²) in [7, 11) is 0. The van der Waals surface area contributed by atoms with Crippen LogP contribution < -0.4 is 10.3 Å². The zero-order valence-corrected chi connectivity index (χ0v) is 13.8. The van der Waals surface area contributed by atoms with Crippen molar-refractivity contribution in [2.45, 2.75) is 26.5 Å². The van der Waals surface area contributed by atoms with E-state index in [-0.39, 0.29) is 29.5 Å². The fourth-order valence-corrected chi connectivity index (χ4v) is 2.44. The molecule has 0 spiro atoms. The highest BCUT2D eigenvalue weighted by Gasteiger charge is 2.15. The Labute approximate surface area is 143 Å². The lowest BCUT2D eigenvalue weighted by Gasteiger charge is -2.13. The molecule has 0 saturated carbocycles. The smallest absolute Gasteiger partial charge is 0.248 e. The Bertz CT molecular complexity index is 945. The van der Waals surface area contributed by atoms with Crippen LogP contribution in [0.15, 0.2) is 41.7 Å². The Hall–Kier alpha value is -3.29. The maximum Gasteiger partial charge on any atom is 0.248 e. The summed E-state index contributed by atoms with van der Waals surface area (Å²) in [5.41, 5.74) is 1.91. The molecule has 3 aromatic heterocycles. The maximum absolute atomic E-state index is 11.3. The van der Waals surface area contributed by atoms with Crippen LogP contribution in [0.2, 0.25) is 0 Å². The number of nitrogens with zero attached hydrogens (tertiary/aromatic N) is 4. The fourth-order valence-electron chi connectivity index (χ4n) is 2.44. The molecule has 3 rings (SSSR count). The summed E-state index contributed by atoms with van der Waals surface area (Å²) in [4.78, 5) is 33.6. The van der Waals surface area contributed by atoms with Gasteiger partial charge in [0.15, 0.2) is 6.29 Å². The number of pyridine rings is 1. The van der Waals surface area contributed by atoms with Crippen molar-refractivity contribution >= 4 is 6.29 Å². The highest BCUT2D eigenvalue weighted by molar-refractivity contribution is 5.78. The number of carbonyl (C=O) groups is 1. The van der Waals surface area contributed by atoms with Crippen molar-refractivity contribution in [2.24, 2.45) is 0 Å². The molecule has 0 fully saturated rings. The lowest BCUT2D eigenvalue weighted by atomic mass is 10.2. The Morgan fingerprint density at radius 2 is 2.08 bits per heavy atom. The minimum absolute atomic E-state index is 0.0966. The average molecular weight is 339 g/mol. The van der Waals surface area contributed by atoms with Gasteiger partial charge in [0, 0.05) is 36.9 Å². The van der Waals surface area contributed by atoms with E-state index in [1.807, 2.05) is 24.6 Å². The Morgan fingerprint density at radius 1 is 1.28 bits per heavy atom. The Morgan fingerprint density at radius 3 is 2.84 bits per heavy atom. The SMILES string of the molecule is CC(C)n1nccc1-c1nccnc1COc1c[nH]c(=O)cc1C=O. The number of carbonyl (C=O) groups excluding carboxylic acids is 1. The molecular formula is C17H17N5O3. The molecule has 3 aromatic rings. The standard InChI is InChI=1S/C17H17N5O3/c1-11(2)22-14(3-4-21-22)17-13(18-5-6-19-17)10-25-15-8-20-16(24)7-12(15)9-23/h3-9,11H,10H2,1-2H3,(H,20,24). The summed E-state index contributed by atoms with van der Waals surface area (Å²) >= 11 is 0. The van der Waals surface area contributed by atoms with E-state index in [0.717, 1.165) is 5.69 Å². The molecule has 128 valence electrons. The molecule has 0 bridgehead atoms. The molecule has 8 heteroatoms. The van der Waals surface area contributed by atoms with Crippen molar-refractivity contribution in [3.63, 3.8) is 0 Å². The van der Waals surface area contributed by atoms with Crippen molar-refractivity contribution < 1.29 is 9.53 Å². The van der Waals surface area contributed by atoms with Crippen LogP contribution in [0.1, 0.15) is 35.9 Å². The number of aromatic nitrogens is 5. The predicted molar refractivity (Wildman–Crippen MR) is 90.4 cm³/mol. The zero-order chi connectivity index (χ0) is 17.8. The van der Waals surface area contributed by atoms with Crippen LogP contribution in [0.5, 0.6) is 5.75 Å². The molecule has 3 heterocycles. The summed E-state index contributed by atoms with van der Waals surface area (Å²) in [6.45, 7) is 4.15. The predicted octanol–water partition coefficient (Wildman–Crippen LogP) is 2.00. The van der Waals surface area contributed by atoms with Crippen LogP contribution in [0, 0.1) is 0 Å². The van der Waals surface area contributed by atoms with Gasteiger partial charge in [0.05, 0.1) is 11.3 Å². The first-order valence-corrected chi connectivity index (χ1v) is 7.74. The highest BCUT2D eigenvalue weighted by atomic mass is 16.5. The highest BCUT2D eigenvalue weighted by Crippen LogP contribution is 2.23. The summed E-state index contributed by atoms with van der Waals surface area (Å²) in [5, 5.41) is 4.31. The van der Waals surface area contributed by atoms with Crippen molar-refractivity contribution in [1.82, 2.24) is 24.7 Å². The maximum atomic E-state index is 11.3. The Kier molecular flexibility index (Phi) is 4.69. The van der Waals surface area contributed by atoms with E-state index in [9.17, 15) is 9.59 Å². The second kappa shape index (κ2) is 7.08. The number of ether oxygens (including phenoxy) is 1. The second-order valence-electron chi connectivity index (χ2n) is 5.63. The van der Waals surface area contributed by atoms with E-state index >= 15 is 0 Å². The van der Waals surface area contributed by atoms with Gasteiger partial charge in [0.1, 0.15) is 23.7 Å². The van der Waals surface area contributed by atoms with E-state index in [1.54, 1.807) is 18.6 Å². The largest absolute Gasteiger partial charge is 0.485 e. The van der Waals surface area contributed by atoms with E-state index in [2.05, 4.69) is 20.1 Å². The molecule has 0 amide bonds. The molecule has 0 aliphatic rings. The van der Waals surface area contributed by atoms with Crippen LogP contribution in [0.4, 0.5) is 0 Å². The molecule has 0 aliphatic carbocycles. The van der Waals surface area contributed by atoms with Crippen LogP contribution in [-0.2, 0) is 6.61 Å². The van der Waals surface area contributed by atoms with Gasteiger partial charge in [0.2, 0.25) is 5.56 Å². The summed E-state index contributed by atoms with van der Waals surface area (Å²) < 4.78 is 7.53. The third-order valence-electron chi connectivity index (χ3n) is 3.58.